The molecule has 198 valence electrons. The summed E-state index contributed by atoms with van der Waals surface area (Å²) in [6.45, 7) is 8.96. The Bertz CT molecular complexity index is 1450. The van der Waals surface area contributed by atoms with E-state index in [9.17, 15) is 9.59 Å². The lowest BCUT2D eigenvalue weighted by molar-refractivity contribution is 0.0374. The van der Waals surface area contributed by atoms with E-state index in [1.807, 2.05) is 56.3 Å². The molecule has 1 saturated heterocycles. The molecular weight excluding hydrogens is 480 g/mol. The molecule has 0 bridgehead atoms. The van der Waals surface area contributed by atoms with Crippen LogP contribution in [0.2, 0.25) is 0 Å². The van der Waals surface area contributed by atoms with Crippen LogP contribution >= 0.6 is 0 Å². The van der Waals surface area contributed by atoms with Crippen molar-refractivity contribution in [2.24, 2.45) is 0 Å². The van der Waals surface area contributed by atoms with Crippen LogP contribution in [0.5, 0.6) is 5.75 Å². The number of amides is 1. The Morgan fingerprint density at radius 2 is 1.89 bits per heavy atom. The fourth-order valence-corrected chi connectivity index (χ4v) is 4.86. The first-order chi connectivity index (χ1) is 18.5. The van der Waals surface area contributed by atoms with Crippen LogP contribution in [0.15, 0.2) is 65.6 Å². The number of hydrogen-bond acceptors (Lipinski definition) is 5. The molecule has 38 heavy (non-hydrogen) atoms. The summed E-state index contributed by atoms with van der Waals surface area (Å²) in [5.41, 5.74) is 4.29. The SMILES string of the molecule is CC(C)Oc1ccc(-c2c(-c3ccc[nH]c3=O)[nH]c3ccc(C(=O)NCCCN4CCOCC4)cc23)cc1. The van der Waals surface area contributed by atoms with Crippen LogP contribution in [-0.4, -0.2) is 66.3 Å². The van der Waals surface area contributed by atoms with Crippen molar-refractivity contribution in [3.05, 3.63) is 76.7 Å². The van der Waals surface area contributed by atoms with Crippen molar-refractivity contribution in [1.82, 2.24) is 20.2 Å². The Labute approximate surface area is 222 Å². The number of morpholine rings is 1. The van der Waals surface area contributed by atoms with Crippen molar-refractivity contribution >= 4 is 16.8 Å². The molecule has 0 unspecified atom stereocenters. The maximum absolute atomic E-state index is 13.0. The van der Waals surface area contributed by atoms with Gasteiger partial charge in [-0.25, -0.2) is 0 Å². The number of hydrogen-bond donors (Lipinski definition) is 3. The summed E-state index contributed by atoms with van der Waals surface area (Å²) in [7, 11) is 0. The lowest BCUT2D eigenvalue weighted by Crippen LogP contribution is -2.38. The van der Waals surface area contributed by atoms with Crippen molar-refractivity contribution in [1.29, 1.82) is 0 Å². The number of rotatable bonds is 9. The number of carbonyl (C=O) groups excluding carboxylic acids is 1. The summed E-state index contributed by atoms with van der Waals surface area (Å²) in [6, 6.07) is 17.1. The Hall–Kier alpha value is -3.88. The van der Waals surface area contributed by atoms with E-state index >= 15 is 0 Å². The zero-order valence-corrected chi connectivity index (χ0v) is 21.9. The molecule has 2 aromatic carbocycles. The molecular formula is C30H34N4O4. The number of carbonyl (C=O) groups is 1. The number of pyridine rings is 1. The predicted molar refractivity (Wildman–Crippen MR) is 150 cm³/mol. The number of nitrogens with one attached hydrogen (secondary N) is 3. The molecule has 8 nitrogen and oxygen atoms in total. The van der Waals surface area contributed by atoms with Crippen LogP contribution in [0.3, 0.4) is 0 Å². The minimum absolute atomic E-state index is 0.0716. The van der Waals surface area contributed by atoms with Gasteiger partial charge in [0, 0.05) is 47.9 Å². The van der Waals surface area contributed by atoms with Gasteiger partial charge in [0.1, 0.15) is 5.75 Å². The summed E-state index contributed by atoms with van der Waals surface area (Å²) in [6.07, 6.45) is 2.57. The molecule has 1 aliphatic rings. The van der Waals surface area contributed by atoms with Gasteiger partial charge in [0.25, 0.3) is 11.5 Å². The van der Waals surface area contributed by atoms with E-state index in [-0.39, 0.29) is 17.6 Å². The van der Waals surface area contributed by atoms with Gasteiger partial charge in [-0.15, -0.1) is 0 Å². The first-order valence-electron chi connectivity index (χ1n) is 13.2. The highest BCUT2D eigenvalue weighted by Crippen LogP contribution is 2.38. The molecule has 2 aromatic heterocycles. The van der Waals surface area contributed by atoms with Crippen LogP contribution < -0.4 is 15.6 Å². The third-order valence-corrected chi connectivity index (χ3v) is 6.70. The van der Waals surface area contributed by atoms with Gasteiger partial charge in [-0.2, -0.15) is 0 Å². The Balaban J connectivity index is 1.44. The van der Waals surface area contributed by atoms with Crippen LogP contribution in [0, 0.1) is 0 Å². The van der Waals surface area contributed by atoms with E-state index in [0.717, 1.165) is 67.0 Å². The zero-order valence-electron chi connectivity index (χ0n) is 21.9. The van der Waals surface area contributed by atoms with Crippen molar-refractivity contribution in [2.45, 2.75) is 26.4 Å². The zero-order chi connectivity index (χ0) is 26.5. The van der Waals surface area contributed by atoms with Crippen LogP contribution in [0.4, 0.5) is 0 Å². The smallest absolute Gasteiger partial charge is 0.257 e. The third kappa shape index (κ3) is 5.82. The second-order valence-electron chi connectivity index (χ2n) is 9.80. The lowest BCUT2D eigenvalue weighted by atomic mass is 9.98. The molecule has 8 heteroatoms. The van der Waals surface area contributed by atoms with Gasteiger partial charge >= 0.3 is 0 Å². The highest BCUT2D eigenvalue weighted by atomic mass is 16.5. The fourth-order valence-electron chi connectivity index (χ4n) is 4.86. The first-order valence-corrected chi connectivity index (χ1v) is 13.2. The fraction of sp³-hybridized carbons (Fsp3) is 0.333. The van der Waals surface area contributed by atoms with Crippen LogP contribution in [0.25, 0.3) is 33.3 Å². The van der Waals surface area contributed by atoms with E-state index in [0.29, 0.717) is 23.4 Å². The number of benzene rings is 2. The van der Waals surface area contributed by atoms with Crippen molar-refractivity contribution in [3.8, 4) is 28.1 Å². The number of aromatic nitrogens is 2. The average molecular weight is 515 g/mol. The summed E-state index contributed by atoms with van der Waals surface area (Å²) in [5.74, 6) is 0.667. The molecule has 1 amide bonds. The second kappa shape index (κ2) is 11.7. The Morgan fingerprint density at radius 1 is 1.11 bits per heavy atom. The van der Waals surface area contributed by atoms with E-state index in [2.05, 4.69) is 20.2 Å². The summed E-state index contributed by atoms with van der Waals surface area (Å²) in [5, 5.41) is 3.93. The van der Waals surface area contributed by atoms with Gasteiger partial charge in [0.2, 0.25) is 0 Å². The van der Waals surface area contributed by atoms with E-state index in [1.165, 1.54) is 0 Å². The molecule has 0 radical (unpaired) electrons. The van der Waals surface area contributed by atoms with Crippen molar-refractivity contribution in [2.75, 3.05) is 39.4 Å². The largest absolute Gasteiger partial charge is 0.491 e. The van der Waals surface area contributed by atoms with Gasteiger partial charge in [-0.1, -0.05) is 12.1 Å². The standard InChI is InChI=1S/C30H34N4O4/c1-20(2)38-23-9-6-21(7-10-23)27-25-19-22(29(35)31-13-4-14-34-15-17-37-18-16-34)8-11-26(25)33-28(27)24-5-3-12-32-30(24)36/h3,5-12,19-20,33H,4,13-18H2,1-2H3,(H,31,35)(H,32,36). The normalized spacial score (nSPS) is 14.2. The lowest BCUT2D eigenvalue weighted by Gasteiger charge is -2.26. The van der Waals surface area contributed by atoms with Gasteiger partial charge in [0.05, 0.1) is 30.6 Å². The first kappa shape index (κ1) is 25.8. The molecule has 3 N–H and O–H groups in total. The van der Waals surface area contributed by atoms with E-state index in [4.69, 9.17) is 9.47 Å². The van der Waals surface area contributed by atoms with Crippen LogP contribution in [-0.2, 0) is 4.74 Å². The molecule has 0 aliphatic carbocycles. The maximum atomic E-state index is 13.0. The predicted octanol–water partition coefficient (Wildman–Crippen LogP) is 4.43. The molecule has 3 heterocycles. The third-order valence-electron chi connectivity index (χ3n) is 6.70. The van der Waals surface area contributed by atoms with E-state index in [1.54, 1.807) is 18.3 Å². The van der Waals surface area contributed by atoms with Gasteiger partial charge in [-0.3, -0.25) is 14.5 Å². The number of H-pyrrole nitrogens is 2. The topological polar surface area (TPSA) is 99.5 Å². The van der Waals surface area contributed by atoms with Crippen molar-refractivity contribution < 1.29 is 14.3 Å². The Morgan fingerprint density at radius 3 is 2.63 bits per heavy atom. The molecule has 5 rings (SSSR count). The number of nitrogens with zero attached hydrogens (tertiary/aromatic N) is 1. The number of ether oxygens (including phenoxy) is 2. The molecule has 0 spiro atoms. The van der Waals surface area contributed by atoms with Gasteiger partial charge in [-0.05, 0) is 74.8 Å². The molecule has 1 fully saturated rings. The van der Waals surface area contributed by atoms with Crippen molar-refractivity contribution in [3.63, 3.8) is 0 Å². The highest BCUT2D eigenvalue weighted by molar-refractivity contribution is 6.07. The molecule has 0 atom stereocenters. The quantitative estimate of drug-likeness (QED) is 0.287. The minimum Gasteiger partial charge on any atom is -0.491 e. The van der Waals surface area contributed by atoms with Gasteiger partial charge in [0.15, 0.2) is 0 Å². The second-order valence-corrected chi connectivity index (χ2v) is 9.80. The van der Waals surface area contributed by atoms with Crippen LogP contribution in [0.1, 0.15) is 30.6 Å². The average Bonchev–Trinajstić information content (AvgIpc) is 3.30. The van der Waals surface area contributed by atoms with E-state index < -0.39 is 0 Å². The minimum atomic E-state index is -0.182. The number of fused-ring (bicyclic) bond motifs is 1. The summed E-state index contributed by atoms with van der Waals surface area (Å²) in [4.78, 5) is 34.3. The monoisotopic (exact) mass is 514 g/mol. The molecule has 4 aromatic rings. The maximum Gasteiger partial charge on any atom is 0.257 e. The highest BCUT2D eigenvalue weighted by Gasteiger charge is 2.19. The number of aromatic amines is 2. The summed E-state index contributed by atoms with van der Waals surface area (Å²) < 4.78 is 11.2. The van der Waals surface area contributed by atoms with Gasteiger partial charge < -0.3 is 24.8 Å². The Kier molecular flexibility index (Phi) is 7.91. The molecule has 0 saturated carbocycles. The summed E-state index contributed by atoms with van der Waals surface area (Å²) >= 11 is 0. The molecule has 1 aliphatic heterocycles.